The molecule has 118 valence electrons. The molecule has 1 aromatic heterocycles. The standard InChI is InChI=1S/C15H23NO4S/c1-6-10-9-11(13(17)20-8-3)12(21-10)16-14(18)15(4,7-2)19-5/h9H,6-8H2,1-5H3,(H,16,18). The van der Waals surface area contributed by atoms with Crippen LogP contribution in [0.3, 0.4) is 0 Å². The fraction of sp³-hybridized carbons (Fsp3) is 0.600. The Morgan fingerprint density at radius 2 is 2.00 bits per heavy atom. The van der Waals surface area contributed by atoms with Gasteiger partial charge < -0.3 is 14.8 Å². The number of nitrogens with one attached hydrogen (secondary N) is 1. The predicted molar refractivity (Wildman–Crippen MR) is 84.0 cm³/mol. The zero-order valence-corrected chi connectivity index (χ0v) is 14.1. The number of methoxy groups -OCH3 is 1. The molecule has 0 aliphatic carbocycles. The van der Waals surface area contributed by atoms with Crippen molar-refractivity contribution in [2.75, 3.05) is 19.0 Å². The molecule has 1 heterocycles. The molecule has 0 aliphatic heterocycles. The maximum absolute atomic E-state index is 12.3. The van der Waals surface area contributed by atoms with E-state index in [9.17, 15) is 9.59 Å². The van der Waals surface area contributed by atoms with Crippen molar-refractivity contribution in [2.45, 2.75) is 46.1 Å². The van der Waals surface area contributed by atoms with Crippen molar-refractivity contribution in [3.63, 3.8) is 0 Å². The molecule has 0 saturated heterocycles. The second-order valence-electron chi connectivity index (χ2n) is 4.77. The molecule has 0 spiro atoms. The lowest BCUT2D eigenvalue weighted by Crippen LogP contribution is -2.41. The van der Waals surface area contributed by atoms with Crippen LogP contribution in [0.15, 0.2) is 6.07 Å². The minimum atomic E-state index is -0.914. The van der Waals surface area contributed by atoms with Crippen LogP contribution < -0.4 is 5.32 Å². The average Bonchev–Trinajstić information content (AvgIpc) is 2.89. The van der Waals surface area contributed by atoms with Gasteiger partial charge in [-0.3, -0.25) is 4.79 Å². The fourth-order valence-electron chi connectivity index (χ4n) is 1.70. The number of ether oxygens (including phenoxy) is 2. The van der Waals surface area contributed by atoms with E-state index in [4.69, 9.17) is 9.47 Å². The van der Waals surface area contributed by atoms with Gasteiger partial charge in [-0.1, -0.05) is 13.8 Å². The number of aryl methyl sites for hydroxylation is 1. The van der Waals surface area contributed by atoms with Gasteiger partial charge in [0.25, 0.3) is 5.91 Å². The van der Waals surface area contributed by atoms with Crippen LogP contribution in [0.5, 0.6) is 0 Å². The average molecular weight is 313 g/mol. The number of anilines is 1. The number of rotatable bonds is 7. The van der Waals surface area contributed by atoms with Crippen LogP contribution in [0.4, 0.5) is 5.00 Å². The van der Waals surface area contributed by atoms with Crippen LogP contribution in [0.2, 0.25) is 0 Å². The van der Waals surface area contributed by atoms with Crippen molar-refractivity contribution in [3.05, 3.63) is 16.5 Å². The summed E-state index contributed by atoms with van der Waals surface area (Å²) in [6.07, 6.45) is 1.33. The molecular weight excluding hydrogens is 290 g/mol. The summed E-state index contributed by atoms with van der Waals surface area (Å²) in [7, 11) is 1.50. The first-order valence-corrected chi connectivity index (χ1v) is 7.89. The largest absolute Gasteiger partial charge is 0.462 e. The van der Waals surface area contributed by atoms with Gasteiger partial charge >= 0.3 is 5.97 Å². The van der Waals surface area contributed by atoms with Crippen LogP contribution in [0.25, 0.3) is 0 Å². The Hall–Kier alpha value is -1.40. The maximum Gasteiger partial charge on any atom is 0.341 e. The third-order valence-electron chi connectivity index (χ3n) is 3.46. The van der Waals surface area contributed by atoms with Gasteiger partial charge in [-0.25, -0.2) is 4.79 Å². The number of carbonyl (C=O) groups is 2. The second-order valence-corrected chi connectivity index (χ2v) is 5.91. The molecule has 0 bridgehead atoms. The Kier molecular flexibility index (Phi) is 6.36. The van der Waals surface area contributed by atoms with Crippen molar-refractivity contribution in [2.24, 2.45) is 0 Å². The van der Waals surface area contributed by atoms with Crippen LogP contribution in [0, 0.1) is 0 Å². The molecule has 1 rings (SSSR count). The summed E-state index contributed by atoms with van der Waals surface area (Å²) >= 11 is 1.39. The zero-order chi connectivity index (χ0) is 16.0. The van der Waals surface area contributed by atoms with Crippen molar-refractivity contribution in [1.29, 1.82) is 0 Å². The molecule has 0 radical (unpaired) electrons. The van der Waals surface area contributed by atoms with Gasteiger partial charge in [0.15, 0.2) is 0 Å². The number of amides is 1. The number of hydrogen-bond acceptors (Lipinski definition) is 5. The molecule has 1 amide bonds. The van der Waals surface area contributed by atoms with Gasteiger partial charge in [-0.2, -0.15) is 0 Å². The molecular formula is C15H23NO4S. The Balaban J connectivity index is 3.04. The van der Waals surface area contributed by atoms with Crippen LogP contribution >= 0.6 is 11.3 Å². The summed E-state index contributed by atoms with van der Waals surface area (Å²) in [5.41, 5.74) is -0.510. The Bertz CT molecular complexity index is 506. The number of carbonyl (C=O) groups excluding carboxylic acids is 2. The third kappa shape index (κ3) is 4.04. The smallest absolute Gasteiger partial charge is 0.341 e. The highest BCUT2D eigenvalue weighted by atomic mass is 32.1. The van der Waals surface area contributed by atoms with Crippen LogP contribution in [-0.2, 0) is 20.7 Å². The summed E-state index contributed by atoms with van der Waals surface area (Å²) in [4.78, 5) is 25.3. The number of thiophene rings is 1. The molecule has 1 N–H and O–H groups in total. The number of hydrogen-bond donors (Lipinski definition) is 1. The fourth-order valence-corrected chi connectivity index (χ4v) is 2.68. The van der Waals surface area contributed by atoms with Crippen molar-refractivity contribution in [1.82, 2.24) is 0 Å². The lowest BCUT2D eigenvalue weighted by molar-refractivity contribution is -0.136. The normalized spacial score (nSPS) is 13.6. The summed E-state index contributed by atoms with van der Waals surface area (Å²) < 4.78 is 10.3. The van der Waals surface area contributed by atoms with Gasteiger partial charge in [0, 0.05) is 12.0 Å². The topological polar surface area (TPSA) is 64.6 Å². The molecule has 6 heteroatoms. The number of esters is 1. The van der Waals surface area contributed by atoms with E-state index in [0.29, 0.717) is 23.6 Å². The van der Waals surface area contributed by atoms with Gasteiger partial charge in [0.05, 0.1) is 12.2 Å². The van der Waals surface area contributed by atoms with E-state index in [-0.39, 0.29) is 5.91 Å². The van der Waals surface area contributed by atoms with E-state index in [0.717, 1.165) is 11.3 Å². The highest BCUT2D eigenvalue weighted by Gasteiger charge is 2.32. The first kappa shape index (κ1) is 17.7. The first-order chi connectivity index (χ1) is 9.91. The summed E-state index contributed by atoms with van der Waals surface area (Å²) in [5, 5.41) is 3.32. The van der Waals surface area contributed by atoms with E-state index in [1.165, 1.54) is 18.4 Å². The second kappa shape index (κ2) is 7.56. The van der Waals surface area contributed by atoms with Gasteiger partial charge in [-0.15, -0.1) is 11.3 Å². The third-order valence-corrected chi connectivity index (χ3v) is 4.65. The molecule has 0 fully saturated rings. The minimum Gasteiger partial charge on any atom is -0.462 e. The van der Waals surface area contributed by atoms with Crippen LogP contribution in [0.1, 0.15) is 49.4 Å². The molecule has 0 aromatic carbocycles. The van der Waals surface area contributed by atoms with Gasteiger partial charge in [0.1, 0.15) is 10.6 Å². The predicted octanol–water partition coefficient (Wildman–Crippen LogP) is 3.24. The molecule has 1 atom stereocenters. The SMILES string of the molecule is CCOC(=O)c1cc(CC)sc1NC(=O)C(C)(CC)OC. The highest BCUT2D eigenvalue weighted by Crippen LogP contribution is 2.30. The summed E-state index contributed by atoms with van der Waals surface area (Å²) in [6.45, 7) is 7.65. The lowest BCUT2D eigenvalue weighted by atomic mass is 10.0. The van der Waals surface area contributed by atoms with Gasteiger partial charge in [-0.05, 0) is 32.8 Å². The van der Waals surface area contributed by atoms with E-state index in [1.54, 1.807) is 19.9 Å². The van der Waals surface area contributed by atoms with Crippen LogP contribution in [-0.4, -0.2) is 31.2 Å². The monoisotopic (exact) mass is 313 g/mol. The zero-order valence-electron chi connectivity index (χ0n) is 13.2. The molecule has 1 aromatic rings. The first-order valence-electron chi connectivity index (χ1n) is 7.08. The van der Waals surface area contributed by atoms with Crippen molar-refractivity contribution < 1.29 is 19.1 Å². The maximum atomic E-state index is 12.3. The van der Waals surface area contributed by atoms with Crippen molar-refractivity contribution in [3.8, 4) is 0 Å². The van der Waals surface area contributed by atoms with E-state index >= 15 is 0 Å². The summed E-state index contributed by atoms with van der Waals surface area (Å²) in [5.74, 6) is -0.679. The van der Waals surface area contributed by atoms with E-state index in [1.807, 2.05) is 13.8 Å². The highest BCUT2D eigenvalue weighted by molar-refractivity contribution is 7.16. The Labute approximate surface area is 129 Å². The molecule has 0 saturated carbocycles. The lowest BCUT2D eigenvalue weighted by Gasteiger charge is -2.25. The molecule has 5 nitrogen and oxygen atoms in total. The summed E-state index contributed by atoms with van der Waals surface area (Å²) in [6, 6.07) is 1.77. The van der Waals surface area contributed by atoms with Gasteiger partial charge in [0.2, 0.25) is 0 Å². The Morgan fingerprint density at radius 3 is 2.48 bits per heavy atom. The molecule has 21 heavy (non-hydrogen) atoms. The minimum absolute atomic E-state index is 0.262. The molecule has 0 aliphatic rings. The van der Waals surface area contributed by atoms with E-state index in [2.05, 4.69) is 5.32 Å². The van der Waals surface area contributed by atoms with Crippen molar-refractivity contribution >= 4 is 28.2 Å². The quantitative estimate of drug-likeness (QED) is 0.785. The molecule has 1 unspecified atom stereocenters. The van der Waals surface area contributed by atoms with E-state index < -0.39 is 11.6 Å². The Morgan fingerprint density at radius 1 is 1.33 bits per heavy atom.